The maximum absolute atomic E-state index is 2.74. The monoisotopic (exact) mass is 856 g/mol. The SMILES string of the molecule is CC1(C)c2cccc3cccc(c23)C(C)(C)N1c1ccc2c3ccccc3c3ccc(N4C(C)(C)c5cccc6ccc(-c7cccc8c7sc7ccccc78)c(c56)C4(C)C)cc3c2c1. The number of hydrogen-bond acceptors (Lipinski definition) is 3. The van der Waals surface area contributed by atoms with Gasteiger partial charge in [-0.1, -0.05) is 140 Å². The number of rotatable bonds is 3. The van der Waals surface area contributed by atoms with Gasteiger partial charge in [0, 0.05) is 31.5 Å². The van der Waals surface area contributed by atoms with Crippen LogP contribution in [0.2, 0.25) is 0 Å². The van der Waals surface area contributed by atoms with Crippen LogP contribution in [0.5, 0.6) is 0 Å². The van der Waals surface area contributed by atoms with Crippen LogP contribution >= 0.6 is 11.3 Å². The molecule has 0 atom stereocenters. The van der Waals surface area contributed by atoms with Gasteiger partial charge < -0.3 is 9.80 Å². The molecule has 0 radical (unpaired) electrons. The van der Waals surface area contributed by atoms with Crippen LogP contribution in [0, 0.1) is 0 Å². The van der Waals surface area contributed by atoms with Gasteiger partial charge in [-0.25, -0.2) is 0 Å². The van der Waals surface area contributed by atoms with Gasteiger partial charge in [0.2, 0.25) is 0 Å². The van der Waals surface area contributed by atoms with Crippen molar-refractivity contribution < 1.29 is 0 Å². The summed E-state index contributed by atoms with van der Waals surface area (Å²) in [5.41, 5.74) is 9.35. The minimum atomic E-state index is -0.396. The zero-order valence-electron chi connectivity index (χ0n) is 38.5. The fourth-order valence-corrected chi connectivity index (χ4v) is 14.7. The number of fused-ring (bicyclic) bond motifs is 9. The van der Waals surface area contributed by atoms with E-state index in [0.717, 1.165) is 0 Å². The largest absolute Gasteiger partial charge is 0.353 e. The number of thiophene rings is 1. The van der Waals surface area contributed by atoms with Crippen molar-refractivity contribution in [2.24, 2.45) is 0 Å². The third-order valence-electron chi connectivity index (χ3n) is 15.8. The topological polar surface area (TPSA) is 6.48 Å². The van der Waals surface area contributed by atoms with Crippen LogP contribution in [0.3, 0.4) is 0 Å². The summed E-state index contributed by atoms with van der Waals surface area (Å²) < 4.78 is 2.69. The molecule has 65 heavy (non-hydrogen) atoms. The molecule has 11 aromatic rings. The van der Waals surface area contributed by atoms with Gasteiger partial charge >= 0.3 is 0 Å². The Bertz CT molecular complexity index is 3810. The Kier molecular flexibility index (Phi) is 7.74. The number of hydrogen-bond donors (Lipinski definition) is 0. The summed E-state index contributed by atoms with van der Waals surface area (Å²) in [5, 5.41) is 15.8. The second-order valence-electron chi connectivity index (χ2n) is 20.8. The number of nitrogens with zero attached hydrogens (tertiary/aromatic N) is 2. The molecule has 0 spiro atoms. The normalized spacial score (nSPS) is 17.0. The fraction of sp³-hybridized carbons (Fsp3) is 0.194. The van der Waals surface area contributed by atoms with Crippen LogP contribution in [-0.4, -0.2) is 0 Å². The first-order valence-corrected chi connectivity index (χ1v) is 24.1. The van der Waals surface area contributed by atoms with Crippen molar-refractivity contribution in [1.82, 2.24) is 0 Å². The van der Waals surface area contributed by atoms with Crippen molar-refractivity contribution in [3.05, 3.63) is 192 Å². The van der Waals surface area contributed by atoms with Gasteiger partial charge in [0.25, 0.3) is 0 Å². The molecule has 2 aliphatic rings. The average Bonchev–Trinajstić information content (AvgIpc) is 3.69. The van der Waals surface area contributed by atoms with E-state index in [1.165, 1.54) is 119 Å². The lowest BCUT2D eigenvalue weighted by molar-refractivity contribution is 0.342. The molecule has 0 bridgehead atoms. The first-order valence-electron chi connectivity index (χ1n) is 23.3. The molecule has 3 heterocycles. The highest BCUT2D eigenvalue weighted by molar-refractivity contribution is 7.26. The average molecular weight is 857 g/mol. The van der Waals surface area contributed by atoms with Crippen LogP contribution in [0.1, 0.15) is 77.6 Å². The molecular weight excluding hydrogens is 805 g/mol. The second-order valence-corrected chi connectivity index (χ2v) is 21.8. The standard InChI is InChI=1S/C62H52N2S/c1-59(2)51-25-13-17-37-18-14-26-52(55(37)51)60(3,4)63(59)39-30-33-43-41-20-9-10-21-42(41)44-34-31-40(36-50(44)49(43)35-39)64-61(5,6)53-27-15-19-38-29-32-46(57(56(38)53)62(64,7)8)48-24-16-23-47-45-22-11-12-28-54(45)65-58(47)48/h9-36H,1-8H3. The maximum Gasteiger partial charge on any atom is 0.0618 e. The molecule has 0 aliphatic carbocycles. The molecule has 10 aromatic carbocycles. The lowest BCUT2D eigenvalue weighted by Gasteiger charge is -2.55. The van der Waals surface area contributed by atoms with Gasteiger partial charge in [0.15, 0.2) is 0 Å². The minimum absolute atomic E-state index is 0.267. The smallest absolute Gasteiger partial charge is 0.0618 e. The Labute approximate surface area is 385 Å². The molecular formula is C62H52N2S. The van der Waals surface area contributed by atoms with E-state index in [2.05, 4.69) is 235 Å². The highest BCUT2D eigenvalue weighted by Crippen LogP contribution is 2.57. The first kappa shape index (κ1) is 38.8. The first-order chi connectivity index (χ1) is 31.3. The molecule has 0 fully saturated rings. The summed E-state index contributed by atoms with van der Waals surface area (Å²) in [6.07, 6.45) is 0. The molecule has 3 heteroatoms. The molecule has 13 rings (SSSR count). The van der Waals surface area contributed by atoms with Crippen LogP contribution in [0.4, 0.5) is 11.4 Å². The lowest BCUT2D eigenvalue weighted by atomic mass is 9.71. The van der Waals surface area contributed by atoms with Crippen molar-refractivity contribution in [3.63, 3.8) is 0 Å². The summed E-state index contributed by atoms with van der Waals surface area (Å²) >= 11 is 1.92. The van der Waals surface area contributed by atoms with Crippen LogP contribution in [-0.2, 0) is 22.2 Å². The van der Waals surface area contributed by atoms with Crippen LogP contribution in [0.15, 0.2) is 170 Å². The molecule has 0 saturated heterocycles. The third kappa shape index (κ3) is 5.05. The highest BCUT2D eigenvalue weighted by Gasteiger charge is 2.48. The van der Waals surface area contributed by atoms with E-state index in [4.69, 9.17) is 0 Å². The van der Waals surface area contributed by atoms with E-state index in [0.29, 0.717) is 0 Å². The maximum atomic E-state index is 2.74. The Hall–Kier alpha value is -6.68. The van der Waals surface area contributed by atoms with Gasteiger partial charge in [0.05, 0.1) is 22.2 Å². The summed E-state index contributed by atoms with van der Waals surface area (Å²) in [6, 6.07) is 64.9. The van der Waals surface area contributed by atoms with Gasteiger partial charge in [-0.15, -0.1) is 11.3 Å². The molecule has 0 unspecified atom stereocenters. The Morgan fingerprint density at radius 3 is 1.38 bits per heavy atom. The van der Waals surface area contributed by atoms with Crippen molar-refractivity contribution in [2.75, 3.05) is 9.80 Å². The van der Waals surface area contributed by atoms with Crippen molar-refractivity contribution in [3.8, 4) is 11.1 Å². The van der Waals surface area contributed by atoms with Crippen LogP contribution in [0.25, 0.3) is 85.2 Å². The third-order valence-corrected chi connectivity index (χ3v) is 17.0. The van der Waals surface area contributed by atoms with E-state index >= 15 is 0 Å². The predicted molar refractivity (Wildman–Crippen MR) is 282 cm³/mol. The Balaban J connectivity index is 1.05. The Morgan fingerprint density at radius 2 is 0.800 bits per heavy atom. The van der Waals surface area contributed by atoms with Gasteiger partial charge in [-0.2, -0.15) is 0 Å². The zero-order valence-corrected chi connectivity index (χ0v) is 39.3. The van der Waals surface area contributed by atoms with Crippen molar-refractivity contribution in [1.29, 1.82) is 0 Å². The van der Waals surface area contributed by atoms with Gasteiger partial charge in [-0.3, -0.25) is 0 Å². The molecule has 0 saturated carbocycles. The van der Waals surface area contributed by atoms with E-state index in [1.54, 1.807) is 0 Å². The van der Waals surface area contributed by atoms with Gasteiger partial charge in [0.1, 0.15) is 0 Å². The zero-order chi connectivity index (χ0) is 44.4. The van der Waals surface area contributed by atoms with E-state index in [-0.39, 0.29) is 16.6 Å². The second kappa shape index (κ2) is 13.0. The number of anilines is 2. The van der Waals surface area contributed by atoms with E-state index < -0.39 is 5.54 Å². The molecule has 0 amide bonds. The van der Waals surface area contributed by atoms with Crippen molar-refractivity contribution in [2.45, 2.75) is 77.5 Å². The molecule has 2 aliphatic heterocycles. The summed E-state index contributed by atoms with van der Waals surface area (Å²) in [7, 11) is 0. The molecule has 2 nitrogen and oxygen atoms in total. The van der Waals surface area contributed by atoms with E-state index in [1.807, 2.05) is 11.3 Å². The number of benzene rings is 10. The summed E-state index contributed by atoms with van der Waals surface area (Å²) in [6.45, 7) is 19.4. The quantitative estimate of drug-likeness (QED) is 0.163. The Morgan fingerprint density at radius 1 is 0.338 bits per heavy atom. The predicted octanol–water partition coefficient (Wildman–Crippen LogP) is 17.5. The lowest BCUT2D eigenvalue weighted by Crippen LogP contribution is -2.55. The molecule has 316 valence electrons. The molecule has 1 aromatic heterocycles. The molecule has 0 N–H and O–H groups in total. The van der Waals surface area contributed by atoms with Crippen LogP contribution < -0.4 is 9.80 Å². The van der Waals surface area contributed by atoms with Crippen molar-refractivity contribution >= 4 is 96.7 Å². The summed E-state index contributed by atoms with van der Waals surface area (Å²) in [4.78, 5) is 5.43. The van der Waals surface area contributed by atoms with Gasteiger partial charge in [-0.05, 0) is 173 Å². The van der Waals surface area contributed by atoms with E-state index in [9.17, 15) is 0 Å². The minimum Gasteiger partial charge on any atom is -0.353 e. The summed E-state index contributed by atoms with van der Waals surface area (Å²) in [5.74, 6) is 0. The highest BCUT2D eigenvalue weighted by atomic mass is 32.1. The fourth-order valence-electron chi connectivity index (χ4n) is 13.4.